The number of carbonyl (C=O) groups excluding carboxylic acids is 1. The second-order valence-corrected chi connectivity index (χ2v) is 6.30. The largest absolute Gasteiger partial charge is 0.351 e. The summed E-state index contributed by atoms with van der Waals surface area (Å²) < 4.78 is 3.37. The predicted molar refractivity (Wildman–Crippen MR) is 92.2 cm³/mol. The maximum Gasteiger partial charge on any atom is 0.254 e. The highest BCUT2D eigenvalue weighted by Gasteiger charge is 2.28. The number of aromatic nitrogens is 6. The van der Waals surface area contributed by atoms with E-state index in [1.165, 1.54) is 0 Å². The van der Waals surface area contributed by atoms with Crippen LogP contribution in [-0.4, -0.2) is 54.6 Å². The Kier molecular flexibility index (Phi) is 3.83. The van der Waals surface area contributed by atoms with Crippen LogP contribution < -0.4 is 10.2 Å². The summed E-state index contributed by atoms with van der Waals surface area (Å²) in [5.74, 6) is 0.783. The molecule has 0 bridgehead atoms. The zero-order valence-corrected chi connectivity index (χ0v) is 14.3. The first kappa shape index (κ1) is 15.6. The van der Waals surface area contributed by atoms with Crippen molar-refractivity contribution in [3.05, 3.63) is 30.5 Å². The molecule has 4 heterocycles. The Balaban J connectivity index is 1.51. The number of nitrogens with one attached hydrogen (secondary N) is 1. The van der Waals surface area contributed by atoms with Gasteiger partial charge in [0.15, 0.2) is 5.65 Å². The van der Waals surface area contributed by atoms with E-state index in [2.05, 4.69) is 30.4 Å². The highest BCUT2D eigenvalue weighted by Crippen LogP contribution is 2.28. The lowest BCUT2D eigenvalue weighted by atomic mass is 10.2. The molecule has 1 unspecified atom stereocenters. The van der Waals surface area contributed by atoms with Crippen molar-refractivity contribution in [2.75, 3.05) is 18.0 Å². The summed E-state index contributed by atoms with van der Waals surface area (Å²) in [5, 5.41) is 12.3. The lowest BCUT2D eigenvalue weighted by Crippen LogP contribution is -2.40. The molecule has 9 nitrogen and oxygen atoms in total. The number of hydrogen-bond donors (Lipinski definition) is 1. The molecule has 25 heavy (non-hydrogen) atoms. The molecule has 1 atom stereocenters. The van der Waals surface area contributed by atoms with E-state index in [1.807, 2.05) is 7.05 Å². The summed E-state index contributed by atoms with van der Waals surface area (Å²) in [6.45, 7) is 1.48. The monoisotopic (exact) mass is 340 g/mol. The fourth-order valence-corrected chi connectivity index (χ4v) is 3.36. The van der Waals surface area contributed by atoms with E-state index in [0.29, 0.717) is 12.1 Å². The van der Waals surface area contributed by atoms with Crippen molar-refractivity contribution in [3.63, 3.8) is 0 Å². The first-order valence-corrected chi connectivity index (χ1v) is 8.29. The minimum Gasteiger partial charge on any atom is -0.351 e. The third-order valence-electron chi connectivity index (χ3n) is 4.62. The second kappa shape index (κ2) is 6.15. The minimum atomic E-state index is -0.103. The topological polar surface area (TPSA) is 93.8 Å². The molecular weight excluding hydrogens is 320 g/mol. The average Bonchev–Trinajstić information content (AvgIpc) is 3.33. The number of rotatable bonds is 4. The molecule has 0 spiro atoms. The number of hydrogen-bond acceptors (Lipinski definition) is 6. The third-order valence-corrected chi connectivity index (χ3v) is 4.62. The van der Waals surface area contributed by atoms with Gasteiger partial charge in [-0.15, -0.1) is 0 Å². The first-order chi connectivity index (χ1) is 12.1. The zero-order chi connectivity index (χ0) is 17.4. The van der Waals surface area contributed by atoms with Crippen LogP contribution in [0.25, 0.3) is 11.0 Å². The zero-order valence-electron chi connectivity index (χ0n) is 14.3. The molecule has 1 N–H and O–H groups in total. The molecule has 0 aromatic carbocycles. The molecule has 1 aliphatic rings. The van der Waals surface area contributed by atoms with Gasteiger partial charge in [0.05, 0.1) is 23.3 Å². The van der Waals surface area contributed by atoms with E-state index in [4.69, 9.17) is 0 Å². The molecule has 3 aromatic heterocycles. The van der Waals surface area contributed by atoms with Crippen LogP contribution in [0.4, 0.5) is 5.82 Å². The molecule has 9 heteroatoms. The maximum absolute atomic E-state index is 12.3. The number of amides is 1. The SMILES string of the molecule is Cn1cc(C(=O)NCC2CCCN2c2ncnc3c2cnn3C)cn1. The molecule has 130 valence electrons. The molecule has 0 saturated carbocycles. The van der Waals surface area contributed by atoms with Crippen molar-refractivity contribution in [1.29, 1.82) is 0 Å². The third kappa shape index (κ3) is 2.81. The van der Waals surface area contributed by atoms with Crippen molar-refractivity contribution in [2.24, 2.45) is 14.1 Å². The summed E-state index contributed by atoms with van der Waals surface area (Å²) in [6.07, 6.45) is 8.74. The van der Waals surface area contributed by atoms with Gasteiger partial charge in [-0.25, -0.2) is 9.97 Å². The Morgan fingerprint density at radius 3 is 2.96 bits per heavy atom. The summed E-state index contributed by atoms with van der Waals surface area (Å²) in [4.78, 5) is 23.3. The smallest absolute Gasteiger partial charge is 0.254 e. The fourth-order valence-electron chi connectivity index (χ4n) is 3.36. The van der Waals surface area contributed by atoms with Gasteiger partial charge in [-0.2, -0.15) is 10.2 Å². The highest BCUT2D eigenvalue weighted by molar-refractivity contribution is 5.93. The van der Waals surface area contributed by atoms with E-state index >= 15 is 0 Å². The standard InChI is InChI=1S/C16H20N8O/c1-22-9-11(6-20-22)16(25)17-7-12-4-3-5-24(12)15-13-8-21-23(2)14(13)18-10-19-15/h6,8-10,12H,3-5,7H2,1-2H3,(H,17,25). The molecule has 1 aliphatic heterocycles. The summed E-state index contributed by atoms with van der Waals surface area (Å²) in [5.41, 5.74) is 1.39. The van der Waals surface area contributed by atoms with Gasteiger partial charge in [-0.1, -0.05) is 0 Å². The predicted octanol–water partition coefficient (Wildman–Crippen LogP) is 0.496. The molecule has 1 amide bonds. The lowest BCUT2D eigenvalue weighted by Gasteiger charge is -2.26. The van der Waals surface area contributed by atoms with Crippen LogP contribution in [0.2, 0.25) is 0 Å². The summed E-state index contributed by atoms with van der Waals surface area (Å²) in [7, 11) is 3.67. The Labute approximate surface area is 144 Å². The number of anilines is 1. The molecule has 1 fully saturated rings. The van der Waals surface area contributed by atoms with Gasteiger partial charge in [0.25, 0.3) is 5.91 Å². The van der Waals surface area contributed by atoms with Crippen molar-refractivity contribution in [1.82, 2.24) is 34.8 Å². The van der Waals surface area contributed by atoms with Crippen LogP contribution in [0, 0.1) is 0 Å². The van der Waals surface area contributed by atoms with E-state index in [-0.39, 0.29) is 11.9 Å². The Bertz CT molecular complexity index is 914. The minimum absolute atomic E-state index is 0.103. The normalized spacial score (nSPS) is 17.4. The van der Waals surface area contributed by atoms with E-state index < -0.39 is 0 Å². The molecule has 1 saturated heterocycles. The number of fused-ring (bicyclic) bond motifs is 1. The van der Waals surface area contributed by atoms with E-state index in [1.54, 1.807) is 41.3 Å². The maximum atomic E-state index is 12.3. The van der Waals surface area contributed by atoms with E-state index in [9.17, 15) is 4.79 Å². The van der Waals surface area contributed by atoms with Gasteiger partial charge in [0, 0.05) is 39.4 Å². The van der Waals surface area contributed by atoms with Crippen molar-refractivity contribution < 1.29 is 4.79 Å². The van der Waals surface area contributed by atoms with Gasteiger partial charge in [0.2, 0.25) is 0 Å². The average molecular weight is 340 g/mol. The molecule has 4 rings (SSSR count). The van der Waals surface area contributed by atoms with Crippen LogP contribution in [0.15, 0.2) is 24.9 Å². The van der Waals surface area contributed by atoms with Gasteiger partial charge in [0.1, 0.15) is 12.1 Å². The first-order valence-electron chi connectivity index (χ1n) is 8.29. The van der Waals surface area contributed by atoms with Gasteiger partial charge in [-0.05, 0) is 12.8 Å². The number of nitrogens with zero attached hydrogens (tertiary/aromatic N) is 7. The van der Waals surface area contributed by atoms with Crippen LogP contribution >= 0.6 is 0 Å². The van der Waals surface area contributed by atoms with E-state index in [0.717, 1.165) is 36.2 Å². The van der Waals surface area contributed by atoms with Crippen molar-refractivity contribution in [2.45, 2.75) is 18.9 Å². The van der Waals surface area contributed by atoms with Gasteiger partial charge >= 0.3 is 0 Å². The van der Waals surface area contributed by atoms with Gasteiger partial charge in [-0.3, -0.25) is 14.2 Å². The van der Waals surface area contributed by atoms with Crippen LogP contribution in [0.5, 0.6) is 0 Å². The fraction of sp³-hybridized carbons (Fsp3) is 0.438. The molecule has 3 aromatic rings. The Morgan fingerprint density at radius 1 is 1.28 bits per heavy atom. The molecule has 0 aliphatic carbocycles. The van der Waals surface area contributed by atoms with Crippen LogP contribution in [0.3, 0.4) is 0 Å². The van der Waals surface area contributed by atoms with Crippen LogP contribution in [-0.2, 0) is 14.1 Å². The van der Waals surface area contributed by atoms with Crippen molar-refractivity contribution >= 4 is 22.8 Å². The van der Waals surface area contributed by atoms with Gasteiger partial charge < -0.3 is 10.2 Å². The summed E-state index contributed by atoms with van der Waals surface area (Å²) >= 11 is 0. The highest BCUT2D eigenvalue weighted by atomic mass is 16.1. The molecule has 0 radical (unpaired) electrons. The Hall–Kier alpha value is -2.97. The number of aryl methyl sites for hydroxylation is 2. The van der Waals surface area contributed by atoms with Crippen molar-refractivity contribution in [3.8, 4) is 0 Å². The quantitative estimate of drug-likeness (QED) is 0.743. The molecular formula is C16H20N8O. The second-order valence-electron chi connectivity index (χ2n) is 6.30. The summed E-state index contributed by atoms with van der Waals surface area (Å²) in [6, 6.07) is 0.207. The van der Waals surface area contributed by atoms with Crippen LogP contribution in [0.1, 0.15) is 23.2 Å². The Morgan fingerprint density at radius 2 is 2.16 bits per heavy atom. The lowest BCUT2D eigenvalue weighted by molar-refractivity contribution is 0.0951. The number of carbonyl (C=O) groups is 1.